The molecule has 2 rings (SSSR count). The van der Waals surface area contributed by atoms with Crippen LogP contribution in [0.4, 0.5) is 13.2 Å². The van der Waals surface area contributed by atoms with E-state index in [1.54, 1.807) is 31.5 Å². The van der Waals surface area contributed by atoms with Gasteiger partial charge in [-0.05, 0) is 49.6 Å². The van der Waals surface area contributed by atoms with E-state index in [0.29, 0.717) is 17.0 Å². The number of alkyl halides is 3. The van der Waals surface area contributed by atoms with Crippen LogP contribution in [0.2, 0.25) is 0 Å². The molecule has 0 saturated carbocycles. The third-order valence-corrected chi connectivity index (χ3v) is 3.32. The van der Waals surface area contributed by atoms with Gasteiger partial charge in [0.2, 0.25) is 5.91 Å². The molecule has 0 aromatic carbocycles. The van der Waals surface area contributed by atoms with Gasteiger partial charge in [0.05, 0.1) is 0 Å². The fraction of sp³-hybridized carbons (Fsp3) is 0.348. The van der Waals surface area contributed by atoms with Gasteiger partial charge in [0.15, 0.2) is 0 Å². The summed E-state index contributed by atoms with van der Waals surface area (Å²) in [5, 5.41) is 2.62. The largest absolute Gasteiger partial charge is 0.415 e. The van der Waals surface area contributed by atoms with E-state index in [1.165, 1.54) is 25.1 Å². The lowest BCUT2D eigenvalue weighted by molar-refractivity contribution is -0.117. The number of amidine groups is 1. The molecule has 1 N–H and O–H groups in total. The number of hydrogen-bond acceptors (Lipinski definition) is 3. The minimum Gasteiger partial charge on any atom is -0.311 e. The number of aliphatic imine (C=N–C) groups is 1. The normalized spacial score (nSPS) is 13.4. The third-order valence-electron chi connectivity index (χ3n) is 3.32. The fourth-order valence-electron chi connectivity index (χ4n) is 1.91. The van der Waals surface area contributed by atoms with Crippen LogP contribution in [0.5, 0.6) is 0 Å². The highest BCUT2D eigenvalue weighted by Gasteiger charge is 2.30. The average molecular weight is 422 g/mol. The molecule has 0 fully saturated rings. The van der Waals surface area contributed by atoms with Crippen molar-refractivity contribution in [3.05, 3.63) is 72.2 Å². The Morgan fingerprint density at radius 3 is 2.43 bits per heavy atom. The smallest absolute Gasteiger partial charge is 0.311 e. The van der Waals surface area contributed by atoms with E-state index in [9.17, 15) is 18.0 Å². The quantitative estimate of drug-likeness (QED) is 0.562. The van der Waals surface area contributed by atoms with Crippen LogP contribution in [-0.2, 0) is 4.79 Å². The minimum absolute atomic E-state index is 0.0913. The standard InChI is InChI=1S/C11H10F3N.C9H12N2O.C3H8/c1-8(6-9(2)11(12,13)14)10-4-3-5-15-7-10;1-7-4-3-5-9(10-6-7)11-8(2)12;1-3-2/h3-7H,2H2,1H3;3,5-6H,4H2,1-2H3,(H,10,11,12);3H2,1-2H3/b8-6+;;. The number of nitrogens with zero attached hydrogens (tertiary/aromatic N) is 2. The van der Waals surface area contributed by atoms with E-state index >= 15 is 0 Å². The monoisotopic (exact) mass is 421 g/mol. The van der Waals surface area contributed by atoms with Gasteiger partial charge in [-0.15, -0.1) is 0 Å². The molecule has 7 heteroatoms. The van der Waals surface area contributed by atoms with Crippen LogP contribution in [0.3, 0.4) is 0 Å². The lowest BCUT2D eigenvalue weighted by atomic mass is 10.1. The van der Waals surface area contributed by atoms with Crippen molar-refractivity contribution in [1.82, 2.24) is 10.3 Å². The maximum absolute atomic E-state index is 12.2. The summed E-state index contributed by atoms with van der Waals surface area (Å²) in [5.41, 5.74) is 1.48. The number of allylic oxidation sites excluding steroid dienone is 5. The molecule has 0 unspecified atom stereocenters. The number of carbonyl (C=O) groups is 1. The second-order valence-corrected chi connectivity index (χ2v) is 6.58. The van der Waals surface area contributed by atoms with Crippen molar-refractivity contribution in [3.8, 4) is 0 Å². The summed E-state index contributed by atoms with van der Waals surface area (Å²) >= 11 is 0. The van der Waals surface area contributed by atoms with E-state index in [1.807, 2.05) is 19.1 Å². The number of amides is 1. The minimum atomic E-state index is -4.37. The van der Waals surface area contributed by atoms with E-state index in [2.05, 4.69) is 35.7 Å². The zero-order valence-electron chi connectivity index (χ0n) is 18.2. The van der Waals surface area contributed by atoms with Crippen molar-refractivity contribution < 1.29 is 18.0 Å². The number of nitrogens with one attached hydrogen (secondary N) is 1. The van der Waals surface area contributed by atoms with Crippen molar-refractivity contribution >= 4 is 17.3 Å². The van der Waals surface area contributed by atoms with Crippen molar-refractivity contribution in [3.63, 3.8) is 0 Å². The van der Waals surface area contributed by atoms with E-state index in [-0.39, 0.29) is 5.91 Å². The number of rotatable bonds is 2. The summed E-state index contributed by atoms with van der Waals surface area (Å²) in [6.45, 7) is 12.3. The number of pyridine rings is 1. The molecule has 1 aromatic rings. The first-order valence-corrected chi connectivity index (χ1v) is 9.53. The van der Waals surface area contributed by atoms with Gasteiger partial charge < -0.3 is 5.32 Å². The molecule has 0 radical (unpaired) electrons. The molecule has 2 heterocycles. The SMILES string of the molecule is C=C(/C=C(\C)c1cccnc1)C(F)(F)F.CC(=O)NC1=NC=C(C)CC=C1.CCC. The molecule has 30 heavy (non-hydrogen) atoms. The summed E-state index contributed by atoms with van der Waals surface area (Å²) in [6.07, 6.45) is 7.42. The van der Waals surface area contributed by atoms with Crippen molar-refractivity contribution in [2.45, 2.75) is 53.6 Å². The highest BCUT2D eigenvalue weighted by molar-refractivity contribution is 6.04. The Bertz CT molecular complexity index is 805. The first-order chi connectivity index (χ1) is 14.0. The third kappa shape index (κ3) is 12.5. The van der Waals surface area contributed by atoms with Gasteiger partial charge in [0, 0.05) is 31.1 Å². The van der Waals surface area contributed by atoms with Gasteiger partial charge in [-0.2, -0.15) is 13.2 Å². The molecule has 1 amide bonds. The molecule has 4 nitrogen and oxygen atoms in total. The van der Waals surface area contributed by atoms with Crippen molar-refractivity contribution in [2.24, 2.45) is 4.99 Å². The predicted octanol–water partition coefficient (Wildman–Crippen LogP) is 6.40. The summed E-state index contributed by atoms with van der Waals surface area (Å²) in [6, 6.07) is 3.37. The van der Waals surface area contributed by atoms with Crippen LogP contribution < -0.4 is 5.32 Å². The van der Waals surface area contributed by atoms with Crippen LogP contribution in [0.15, 0.2) is 71.7 Å². The molecular formula is C23H30F3N3O. The van der Waals surface area contributed by atoms with Gasteiger partial charge >= 0.3 is 6.18 Å². The zero-order chi connectivity index (χ0) is 23.2. The molecular weight excluding hydrogens is 391 g/mol. The van der Waals surface area contributed by atoms with Crippen LogP contribution in [0, 0.1) is 0 Å². The molecule has 0 bridgehead atoms. The zero-order valence-corrected chi connectivity index (χ0v) is 18.2. The van der Waals surface area contributed by atoms with Gasteiger partial charge in [-0.1, -0.05) is 44.6 Å². The summed E-state index contributed by atoms with van der Waals surface area (Å²) < 4.78 is 36.5. The number of hydrogen-bond donors (Lipinski definition) is 1. The van der Waals surface area contributed by atoms with Crippen LogP contribution in [-0.4, -0.2) is 22.9 Å². The number of aromatic nitrogens is 1. The number of carbonyl (C=O) groups excluding carboxylic acids is 1. The van der Waals surface area contributed by atoms with Crippen LogP contribution >= 0.6 is 0 Å². The van der Waals surface area contributed by atoms with E-state index in [4.69, 9.17) is 0 Å². The van der Waals surface area contributed by atoms with Crippen LogP contribution in [0.1, 0.15) is 53.0 Å². The molecule has 0 aliphatic carbocycles. The van der Waals surface area contributed by atoms with E-state index in [0.717, 1.165) is 12.5 Å². The summed E-state index contributed by atoms with van der Waals surface area (Å²) in [7, 11) is 0. The van der Waals surface area contributed by atoms with Gasteiger partial charge in [0.25, 0.3) is 0 Å². The predicted molar refractivity (Wildman–Crippen MR) is 118 cm³/mol. The Kier molecular flexibility index (Phi) is 12.7. The molecule has 1 aromatic heterocycles. The Morgan fingerprint density at radius 1 is 1.30 bits per heavy atom. The Balaban J connectivity index is 0.000000505. The molecule has 1 aliphatic rings. The van der Waals surface area contributed by atoms with Gasteiger partial charge in [-0.25, -0.2) is 4.99 Å². The summed E-state index contributed by atoms with van der Waals surface area (Å²) in [5.74, 6) is 0.519. The van der Waals surface area contributed by atoms with Gasteiger partial charge in [-0.3, -0.25) is 9.78 Å². The lowest BCUT2D eigenvalue weighted by Gasteiger charge is -2.07. The van der Waals surface area contributed by atoms with Crippen molar-refractivity contribution in [1.29, 1.82) is 0 Å². The van der Waals surface area contributed by atoms with Crippen molar-refractivity contribution in [2.75, 3.05) is 0 Å². The maximum Gasteiger partial charge on any atom is 0.415 e. The molecule has 0 atom stereocenters. The highest BCUT2D eigenvalue weighted by atomic mass is 19.4. The lowest BCUT2D eigenvalue weighted by Crippen LogP contribution is -2.25. The number of halogens is 3. The molecule has 1 aliphatic heterocycles. The van der Waals surface area contributed by atoms with E-state index < -0.39 is 11.7 Å². The Morgan fingerprint density at radius 2 is 1.93 bits per heavy atom. The second kappa shape index (κ2) is 14.1. The molecule has 0 saturated heterocycles. The topological polar surface area (TPSA) is 54.4 Å². The fourth-order valence-corrected chi connectivity index (χ4v) is 1.91. The summed E-state index contributed by atoms with van der Waals surface area (Å²) in [4.78, 5) is 18.6. The first-order valence-electron chi connectivity index (χ1n) is 9.53. The molecule has 164 valence electrons. The second-order valence-electron chi connectivity index (χ2n) is 6.58. The van der Waals surface area contributed by atoms with Crippen LogP contribution in [0.25, 0.3) is 5.57 Å². The average Bonchev–Trinajstić information content (AvgIpc) is 2.86. The highest BCUT2D eigenvalue weighted by Crippen LogP contribution is 2.27. The molecule has 0 spiro atoms. The maximum atomic E-state index is 12.2. The van der Waals surface area contributed by atoms with Gasteiger partial charge in [0.1, 0.15) is 5.84 Å². The Labute approximate surface area is 177 Å². The first kappa shape index (κ1) is 27.0. The Hall–Kier alpha value is -2.96.